The lowest BCUT2D eigenvalue weighted by Gasteiger charge is -2.34. The lowest BCUT2D eigenvalue weighted by Crippen LogP contribution is -2.49. The van der Waals surface area contributed by atoms with Crippen molar-refractivity contribution in [3.63, 3.8) is 0 Å². The maximum atomic E-state index is 12.6. The number of carbonyl (C=O) groups is 2. The summed E-state index contributed by atoms with van der Waals surface area (Å²) >= 11 is 0. The van der Waals surface area contributed by atoms with Crippen LogP contribution < -0.4 is 10.6 Å². The molecule has 1 aromatic carbocycles. The second-order valence-corrected chi connectivity index (χ2v) is 5.92. The lowest BCUT2D eigenvalue weighted by atomic mass is 10.0. The first-order valence-corrected chi connectivity index (χ1v) is 8.55. The van der Waals surface area contributed by atoms with Crippen LogP contribution in [-0.2, 0) is 16.1 Å². The van der Waals surface area contributed by atoms with E-state index in [2.05, 4.69) is 17.6 Å². The van der Waals surface area contributed by atoms with Crippen LogP contribution in [0.15, 0.2) is 24.3 Å². The normalized spacial score (nSPS) is 17.8. The third-order valence-electron chi connectivity index (χ3n) is 4.20. The minimum Gasteiger partial charge on any atom is -0.331 e. The first-order chi connectivity index (χ1) is 11.2. The predicted molar refractivity (Wildman–Crippen MR) is 92.1 cm³/mol. The monoisotopic (exact) mass is 317 g/mol. The molecule has 23 heavy (non-hydrogen) atoms. The lowest BCUT2D eigenvalue weighted by molar-refractivity contribution is -0.140. The zero-order chi connectivity index (χ0) is 16.7. The molecule has 1 aromatic rings. The molecule has 1 heterocycles. The smallest absolute Gasteiger partial charge is 0.247 e. The van der Waals surface area contributed by atoms with Gasteiger partial charge in [0, 0.05) is 25.2 Å². The highest BCUT2D eigenvalue weighted by molar-refractivity contribution is 5.97. The number of nitrogens with one attached hydrogen (secondary N) is 2. The number of anilines is 1. The van der Waals surface area contributed by atoms with Crippen molar-refractivity contribution in [2.24, 2.45) is 0 Å². The SMILES string of the molecule is CCNCc1cccc(NC(=O)C2CCCCN2C(=O)CC)c1. The van der Waals surface area contributed by atoms with Gasteiger partial charge in [-0.25, -0.2) is 0 Å². The number of benzene rings is 1. The summed E-state index contributed by atoms with van der Waals surface area (Å²) < 4.78 is 0. The Morgan fingerprint density at radius 2 is 2.09 bits per heavy atom. The van der Waals surface area contributed by atoms with Crippen LogP contribution in [0, 0.1) is 0 Å². The van der Waals surface area contributed by atoms with E-state index >= 15 is 0 Å². The van der Waals surface area contributed by atoms with Crippen LogP contribution in [0.5, 0.6) is 0 Å². The highest BCUT2D eigenvalue weighted by Gasteiger charge is 2.31. The highest BCUT2D eigenvalue weighted by Crippen LogP contribution is 2.20. The molecule has 126 valence electrons. The number of hydrogen-bond acceptors (Lipinski definition) is 3. The molecule has 0 bridgehead atoms. The van der Waals surface area contributed by atoms with Gasteiger partial charge in [-0.3, -0.25) is 9.59 Å². The second-order valence-electron chi connectivity index (χ2n) is 5.92. The Hall–Kier alpha value is -1.88. The average Bonchev–Trinajstić information content (AvgIpc) is 2.59. The zero-order valence-electron chi connectivity index (χ0n) is 14.1. The minimum atomic E-state index is -0.339. The Morgan fingerprint density at radius 3 is 2.83 bits per heavy atom. The number of likely N-dealkylation sites (tertiary alicyclic amines) is 1. The molecule has 0 saturated carbocycles. The van der Waals surface area contributed by atoms with Crippen LogP contribution >= 0.6 is 0 Å². The van der Waals surface area contributed by atoms with Gasteiger partial charge in [0.25, 0.3) is 0 Å². The Balaban J connectivity index is 2.03. The van der Waals surface area contributed by atoms with E-state index in [1.807, 2.05) is 31.2 Å². The van der Waals surface area contributed by atoms with Crippen molar-refractivity contribution in [2.75, 3.05) is 18.4 Å². The fraction of sp³-hybridized carbons (Fsp3) is 0.556. The first kappa shape index (κ1) is 17.5. The average molecular weight is 317 g/mol. The summed E-state index contributed by atoms with van der Waals surface area (Å²) in [6.07, 6.45) is 3.16. The third-order valence-corrected chi connectivity index (χ3v) is 4.20. The third kappa shape index (κ3) is 4.79. The maximum Gasteiger partial charge on any atom is 0.247 e. The van der Waals surface area contributed by atoms with Gasteiger partial charge >= 0.3 is 0 Å². The predicted octanol–water partition coefficient (Wildman–Crippen LogP) is 2.53. The molecule has 0 radical (unpaired) electrons. The number of rotatable bonds is 6. The van der Waals surface area contributed by atoms with E-state index in [0.717, 1.165) is 43.6 Å². The van der Waals surface area contributed by atoms with Crippen LogP contribution in [0.25, 0.3) is 0 Å². The molecule has 5 nitrogen and oxygen atoms in total. The number of carbonyl (C=O) groups excluding carboxylic acids is 2. The maximum absolute atomic E-state index is 12.6. The van der Waals surface area contributed by atoms with E-state index in [0.29, 0.717) is 13.0 Å². The topological polar surface area (TPSA) is 61.4 Å². The van der Waals surface area contributed by atoms with E-state index in [-0.39, 0.29) is 17.9 Å². The Kier molecular flexibility index (Phi) is 6.59. The largest absolute Gasteiger partial charge is 0.331 e. The van der Waals surface area contributed by atoms with Crippen molar-refractivity contribution < 1.29 is 9.59 Å². The standard InChI is InChI=1S/C18H27N3O2/c1-3-17(22)21-11-6-5-10-16(21)18(23)20-15-9-7-8-14(12-15)13-19-4-2/h7-9,12,16,19H,3-6,10-11,13H2,1-2H3,(H,20,23). The van der Waals surface area contributed by atoms with Crippen LogP contribution in [-0.4, -0.2) is 35.8 Å². The van der Waals surface area contributed by atoms with Crippen LogP contribution in [0.2, 0.25) is 0 Å². The molecule has 0 aliphatic carbocycles. The Morgan fingerprint density at radius 1 is 1.26 bits per heavy atom. The van der Waals surface area contributed by atoms with Gasteiger partial charge in [-0.2, -0.15) is 0 Å². The van der Waals surface area contributed by atoms with Gasteiger partial charge in [-0.1, -0.05) is 26.0 Å². The van der Waals surface area contributed by atoms with E-state index < -0.39 is 0 Å². The van der Waals surface area contributed by atoms with E-state index in [9.17, 15) is 9.59 Å². The molecule has 2 rings (SSSR count). The quantitative estimate of drug-likeness (QED) is 0.847. The molecule has 1 aliphatic rings. The molecule has 1 unspecified atom stereocenters. The summed E-state index contributed by atoms with van der Waals surface area (Å²) in [4.78, 5) is 26.4. The fourth-order valence-electron chi connectivity index (χ4n) is 2.96. The van der Waals surface area contributed by atoms with Gasteiger partial charge in [-0.15, -0.1) is 0 Å². The van der Waals surface area contributed by atoms with Crippen molar-refractivity contribution in [1.82, 2.24) is 10.2 Å². The van der Waals surface area contributed by atoms with E-state index in [4.69, 9.17) is 0 Å². The summed E-state index contributed by atoms with van der Waals surface area (Å²) in [5.41, 5.74) is 1.93. The highest BCUT2D eigenvalue weighted by atomic mass is 16.2. The number of amides is 2. The summed E-state index contributed by atoms with van der Waals surface area (Å²) in [6.45, 7) is 6.28. The first-order valence-electron chi connectivity index (χ1n) is 8.55. The van der Waals surface area contributed by atoms with Crippen molar-refractivity contribution in [1.29, 1.82) is 0 Å². The zero-order valence-corrected chi connectivity index (χ0v) is 14.1. The summed E-state index contributed by atoms with van der Waals surface area (Å²) in [5.74, 6) is -0.0159. The summed E-state index contributed by atoms with van der Waals surface area (Å²) in [6, 6.07) is 7.51. The molecule has 1 aliphatic heterocycles. The van der Waals surface area contributed by atoms with Gasteiger partial charge in [0.05, 0.1) is 0 Å². The van der Waals surface area contributed by atoms with Crippen molar-refractivity contribution >= 4 is 17.5 Å². The van der Waals surface area contributed by atoms with Gasteiger partial charge in [0.1, 0.15) is 6.04 Å². The van der Waals surface area contributed by atoms with Gasteiger partial charge in [0.2, 0.25) is 11.8 Å². The van der Waals surface area contributed by atoms with Crippen molar-refractivity contribution in [3.8, 4) is 0 Å². The Bertz CT molecular complexity index is 545. The van der Waals surface area contributed by atoms with Crippen molar-refractivity contribution in [2.45, 2.75) is 52.1 Å². The minimum absolute atomic E-state index is 0.0609. The number of piperidine rings is 1. The summed E-state index contributed by atoms with van der Waals surface area (Å²) in [5, 5.41) is 6.25. The molecule has 0 spiro atoms. The van der Waals surface area contributed by atoms with Gasteiger partial charge in [0.15, 0.2) is 0 Å². The van der Waals surface area contributed by atoms with Crippen LogP contribution in [0.4, 0.5) is 5.69 Å². The van der Waals surface area contributed by atoms with Crippen LogP contribution in [0.3, 0.4) is 0 Å². The molecular weight excluding hydrogens is 290 g/mol. The molecule has 5 heteroatoms. The fourth-order valence-corrected chi connectivity index (χ4v) is 2.96. The Labute approximate surface area is 138 Å². The molecule has 1 saturated heterocycles. The molecule has 1 atom stereocenters. The molecule has 2 amide bonds. The van der Waals surface area contributed by atoms with E-state index in [1.165, 1.54) is 0 Å². The number of hydrogen-bond donors (Lipinski definition) is 2. The number of nitrogens with zero attached hydrogens (tertiary/aromatic N) is 1. The molecular formula is C18H27N3O2. The van der Waals surface area contributed by atoms with Crippen molar-refractivity contribution in [3.05, 3.63) is 29.8 Å². The van der Waals surface area contributed by atoms with Gasteiger partial charge < -0.3 is 15.5 Å². The van der Waals surface area contributed by atoms with E-state index in [1.54, 1.807) is 4.90 Å². The van der Waals surface area contributed by atoms with Crippen LogP contribution in [0.1, 0.15) is 45.1 Å². The molecule has 0 aromatic heterocycles. The molecule has 2 N–H and O–H groups in total. The van der Waals surface area contributed by atoms with Gasteiger partial charge in [-0.05, 0) is 43.5 Å². The molecule has 1 fully saturated rings. The second kappa shape index (κ2) is 8.67. The summed E-state index contributed by atoms with van der Waals surface area (Å²) in [7, 11) is 0.